The molecule has 0 rings (SSSR count). The van der Waals surface area contributed by atoms with E-state index in [2.05, 4.69) is 9.71 Å². The molecule has 0 aliphatic carbocycles. The van der Waals surface area contributed by atoms with Crippen LogP contribution in [0, 0.1) is 0 Å². The summed E-state index contributed by atoms with van der Waals surface area (Å²) in [5.41, 5.74) is 1.79. The van der Waals surface area contributed by atoms with Crippen LogP contribution < -0.4 is 4.72 Å². The summed E-state index contributed by atoms with van der Waals surface area (Å²) < 4.78 is 2.87. The van der Waals surface area contributed by atoms with Crippen molar-refractivity contribution in [2.45, 2.75) is 20.8 Å². The van der Waals surface area contributed by atoms with Gasteiger partial charge in [-0.15, -0.1) is 0 Å². The minimum absolute atomic E-state index is 0.870. The topological polar surface area (TPSA) is 24.4 Å². The van der Waals surface area contributed by atoms with E-state index in [1.165, 1.54) is 11.9 Å². The van der Waals surface area contributed by atoms with Crippen LogP contribution in [0.3, 0.4) is 0 Å². The highest BCUT2D eigenvalue weighted by atomic mass is 32.2. The molecule has 0 radical (unpaired) electrons. The smallest absolute Gasteiger partial charge is 0.0693 e. The highest BCUT2D eigenvalue weighted by Crippen LogP contribution is 1.80. The maximum atomic E-state index is 3.94. The third-order valence-electron chi connectivity index (χ3n) is 0.428. The van der Waals surface area contributed by atoms with Crippen LogP contribution in [0.25, 0.3) is 0 Å². The molecule has 0 saturated heterocycles. The summed E-state index contributed by atoms with van der Waals surface area (Å²) in [6, 6.07) is 0. The molecule has 2 nitrogen and oxygen atoms in total. The van der Waals surface area contributed by atoms with E-state index >= 15 is 0 Å². The number of nitrogens with one attached hydrogen (secondary N) is 1. The van der Waals surface area contributed by atoms with Gasteiger partial charge in [-0.05, 0) is 25.9 Å². The fourth-order valence-electron chi connectivity index (χ4n) is 0.165. The second kappa shape index (κ2) is 15.7. The van der Waals surface area contributed by atoms with Gasteiger partial charge in [0.25, 0.3) is 0 Å². The molecule has 0 aromatic rings. The lowest BCUT2D eigenvalue weighted by atomic mass is 10.8. The third-order valence-corrected chi connectivity index (χ3v) is 0.918. The zero-order valence-corrected chi connectivity index (χ0v) is 7.46. The van der Waals surface area contributed by atoms with Gasteiger partial charge in [-0.3, -0.25) is 9.71 Å². The van der Waals surface area contributed by atoms with Crippen LogP contribution >= 0.6 is 11.9 Å². The summed E-state index contributed by atoms with van der Waals surface area (Å²) in [4.78, 5) is 3.94. The molecule has 0 aliphatic rings. The minimum Gasteiger partial charge on any atom is -0.285 e. The molecule has 0 bridgehead atoms. The fourth-order valence-corrected chi connectivity index (χ4v) is 0.494. The fraction of sp³-hybridized carbons (Fsp3) is 0.833. The van der Waals surface area contributed by atoms with E-state index in [0.717, 1.165) is 6.54 Å². The average Bonchev–Trinajstić information content (AvgIpc) is 1.94. The normalized spacial score (nSPS) is 8.89. The van der Waals surface area contributed by atoms with Crippen LogP contribution in [-0.2, 0) is 0 Å². The largest absolute Gasteiger partial charge is 0.285 e. The predicted octanol–water partition coefficient (Wildman–Crippen LogP) is 1.93. The summed E-state index contributed by atoms with van der Waals surface area (Å²) in [6.07, 6.45) is 0. The molecular formula is C6H16N2S. The second-order valence-electron chi connectivity index (χ2n) is 0.926. The van der Waals surface area contributed by atoms with Crippen LogP contribution in [0.1, 0.15) is 20.8 Å². The molecule has 0 spiro atoms. The lowest BCUT2D eigenvalue weighted by Crippen LogP contribution is -1.89. The Morgan fingerprint density at radius 1 is 1.56 bits per heavy atom. The Labute approximate surface area is 62.3 Å². The van der Waals surface area contributed by atoms with Crippen LogP contribution in [0.2, 0.25) is 0 Å². The summed E-state index contributed by atoms with van der Waals surface area (Å²) in [5.74, 6) is 0. The maximum Gasteiger partial charge on any atom is 0.0693 e. The molecule has 56 valence electrons. The van der Waals surface area contributed by atoms with E-state index in [4.69, 9.17) is 0 Å². The van der Waals surface area contributed by atoms with Crippen molar-refractivity contribution in [2.24, 2.45) is 4.99 Å². The Kier molecular flexibility index (Phi) is 20.4. The molecule has 9 heavy (non-hydrogen) atoms. The van der Waals surface area contributed by atoms with E-state index in [1.807, 2.05) is 27.8 Å². The zero-order chi connectivity index (χ0) is 7.54. The first-order chi connectivity index (χ1) is 4.41. The van der Waals surface area contributed by atoms with Crippen molar-refractivity contribution in [1.82, 2.24) is 4.72 Å². The molecular weight excluding hydrogens is 132 g/mol. The first-order valence-corrected chi connectivity index (χ1v) is 4.10. The number of aliphatic imine (C=N–C) groups is 1. The summed E-state index contributed by atoms with van der Waals surface area (Å²) in [7, 11) is 1.87. The zero-order valence-electron chi connectivity index (χ0n) is 6.64. The lowest BCUT2D eigenvalue weighted by Gasteiger charge is -1.82. The van der Waals surface area contributed by atoms with Crippen LogP contribution in [0.4, 0.5) is 0 Å². The Bertz CT molecular complexity index is 55.0. The molecule has 0 aliphatic heterocycles. The van der Waals surface area contributed by atoms with Gasteiger partial charge >= 0.3 is 0 Å². The second-order valence-corrected chi connectivity index (χ2v) is 1.78. The van der Waals surface area contributed by atoms with Gasteiger partial charge in [-0.1, -0.05) is 13.8 Å². The van der Waals surface area contributed by atoms with Gasteiger partial charge in [-0.25, -0.2) is 0 Å². The summed E-state index contributed by atoms with van der Waals surface area (Å²) in [5, 5.41) is 0. The first kappa shape index (κ1) is 11.7. The van der Waals surface area contributed by atoms with Crippen LogP contribution in [-0.4, -0.2) is 19.1 Å². The summed E-state index contributed by atoms with van der Waals surface area (Å²) in [6.45, 7) is 6.88. The monoisotopic (exact) mass is 148 g/mol. The molecule has 0 unspecified atom stereocenters. The van der Waals surface area contributed by atoms with Gasteiger partial charge in [0.1, 0.15) is 0 Å². The number of nitrogens with zero attached hydrogens (tertiary/aromatic N) is 1. The molecule has 3 heteroatoms. The Morgan fingerprint density at radius 3 is 2.44 bits per heavy atom. The predicted molar refractivity (Wildman–Crippen MR) is 47.0 cm³/mol. The Hall–Kier alpha value is -0.0200. The standard InChI is InChI=1S/C4H10N2S.C2H6/c1-3-6-4-7-5-2;1-2/h4-5H,3H2,1-2H3;1-2H3. The highest BCUT2D eigenvalue weighted by Gasteiger charge is 1.66. The molecule has 0 amide bonds. The molecule has 0 aromatic heterocycles. The molecule has 1 N–H and O–H groups in total. The van der Waals surface area contributed by atoms with Gasteiger partial charge in [-0.2, -0.15) is 0 Å². The van der Waals surface area contributed by atoms with Crippen molar-refractivity contribution < 1.29 is 0 Å². The SMILES string of the molecule is CC.CCN=CSNC. The van der Waals surface area contributed by atoms with Gasteiger partial charge in [0.05, 0.1) is 5.55 Å². The Balaban J connectivity index is 0. The van der Waals surface area contributed by atoms with Gasteiger partial charge in [0.15, 0.2) is 0 Å². The van der Waals surface area contributed by atoms with Crippen molar-refractivity contribution in [3.05, 3.63) is 0 Å². The van der Waals surface area contributed by atoms with Gasteiger partial charge in [0.2, 0.25) is 0 Å². The number of hydrogen-bond donors (Lipinski definition) is 1. The first-order valence-electron chi connectivity index (χ1n) is 3.22. The van der Waals surface area contributed by atoms with E-state index in [9.17, 15) is 0 Å². The van der Waals surface area contributed by atoms with E-state index in [0.29, 0.717) is 0 Å². The highest BCUT2D eigenvalue weighted by molar-refractivity contribution is 8.10. The number of hydrogen-bond acceptors (Lipinski definition) is 3. The van der Waals surface area contributed by atoms with Crippen molar-refractivity contribution in [1.29, 1.82) is 0 Å². The number of rotatable bonds is 3. The lowest BCUT2D eigenvalue weighted by molar-refractivity contribution is 1.14. The van der Waals surface area contributed by atoms with Crippen LogP contribution in [0.15, 0.2) is 4.99 Å². The van der Waals surface area contributed by atoms with Gasteiger partial charge in [0, 0.05) is 6.54 Å². The van der Waals surface area contributed by atoms with Crippen molar-refractivity contribution >= 4 is 17.5 Å². The van der Waals surface area contributed by atoms with Crippen LogP contribution in [0.5, 0.6) is 0 Å². The Morgan fingerprint density at radius 2 is 2.11 bits per heavy atom. The molecule has 0 heterocycles. The quantitative estimate of drug-likeness (QED) is 0.376. The molecule has 0 atom stereocenters. The summed E-state index contributed by atoms with van der Waals surface area (Å²) >= 11 is 1.49. The minimum atomic E-state index is 0.870. The van der Waals surface area contributed by atoms with E-state index in [1.54, 1.807) is 5.55 Å². The van der Waals surface area contributed by atoms with Crippen molar-refractivity contribution in [3.63, 3.8) is 0 Å². The molecule has 0 fully saturated rings. The third kappa shape index (κ3) is 18.0. The van der Waals surface area contributed by atoms with Crippen molar-refractivity contribution in [2.75, 3.05) is 13.6 Å². The van der Waals surface area contributed by atoms with E-state index < -0.39 is 0 Å². The average molecular weight is 148 g/mol. The van der Waals surface area contributed by atoms with Gasteiger partial charge < -0.3 is 0 Å². The van der Waals surface area contributed by atoms with E-state index in [-0.39, 0.29) is 0 Å². The molecule has 0 saturated carbocycles. The molecule has 0 aromatic carbocycles. The van der Waals surface area contributed by atoms with Crippen molar-refractivity contribution in [3.8, 4) is 0 Å². The maximum absolute atomic E-state index is 3.94.